The van der Waals surface area contributed by atoms with E-state index in [4.69, 9.17) is 4.74 Å². The van der Waals surface area contributed by atoms with Crippen molar-refractivity contribution < 1.29 is 9.53 Å². The number of hydrogen-bond donors (Lipinski definition) is 0. The molecule has 0 bridgehead atoms. The van der Waals surface area contributed by atoms with E-state index < -0.39 is 0 Å². The van der Waals surface area contributed by atoms with Crippen molar-refractivity contribution >= 4 is 5.97 Å². The quantitative estimate of drug-likeness (QED) is 0.694. The van der Waals surface area contributed by atoms with Crippen LogP contribution in [0.15, 0.2) is 18.5 Å². The van der Waals surface area contributed by atoms with E-state index >= 15 is 0 Å². The normalized spacial score (nSPS) is 10.0. The molecule has 1 aromatic heterocycles. The van der Waals surface area contributed by atoms with Gasteiger partial charge in [0.15, 0.2) is 0 Å². The highest BCUT2D eigenvalue weighted by atomic mass is 16.5. The van der Waals surface area contributed by atoms with Gasteiger partial charge in [0.25, 0.3) is 0 Å². The maximum atomic E-state index is 11.2. The summed E-state index contributed by atoms with van der Waals surface area (Å²) in [4.78, 5) is 15.2. The second-order valence-corrected chi connectivity index (χ2v) is 3.30. The highest BCUT2D eigenvalue weighted by Crippen LogP contribution is 2.10. The van der Waals surface area contributed by atoms with Crippen molar-refractivity contribution in [3.8, 4) is 0 Å². The molecule has 1 rings (SSSR count). The van der Waals surface area contributed by atoms with Gasteiger partial charge in [0.1, 0.15) is 0 Å². The molecule has 0 atom stereocenters. The molecular formula is C12H17NO2. The van der Waals surface area contributed by atoms with Gasteiger partial charge in [0.05, 0.1) is 6.61 Å². The molecule has 82 valence electrons. The number of ether oxygens (including phenoxy) is 1. The minimum atomic E-state index is -0.128. The molecule has 1 aromatic rings. The number of nitrogens with zero attached hydrogens (tertiary/aromatic N) is 1. The molecule has 0 aliphatic rings. The average Bonchev–Trinajstić information content (AvgIpc) is 2.27. The molecule has 1 heterocycles. The van der Waals surface area contributed by atoms with Gasteiger partial charge < -0.3 is 4.74 Å². The third-order valence-corrected chi connectivity index (χ3v) is 2.29. The lowest BCUT2D eigenvalue weighted by Crippen LogP contribution is -2.06. The Morgan fingerprint density at radius 3 is 2.87 bits per heavy atom. The summed E-state index contributed by atoms with van der Waals surface area (Å²) in [5.74, 6) is -0.128. The molecule has 3 heteroatoms. The number of esters is 1. The lowest BCUT2D eigenvalue weighted by molar-refractivity contribution is -0.143. The second-order valence-electron chi connectivity index (χ2n) is 3.30. The summed E-state index contributed by atoms with van der Waals surface area (Å²) in [6.45, 7) is 4.36. The summed E-state index contributed by atoms with van der Waals surface area (Å²) >= 11 is 0. The van der Waals surface area contributed by atoms with Gasteiger partial charge in [-0.2, -0.15) is 0 Å². The Hall–Kier alpha value is -1.38. The van der Waals surface area contributed by atoms with Crippen LogP contribution in [0.5, 0.6) is 0 Å². The average molecular weight is 207 g/mol. The van der Waals surface area contributed by atoms with Gasteiger partial charge in [-0.3, -0.25) is 9.78 Å². The van der Waals surface area contributed by atoms with Crippen LogP contribution in [0.2, 0.25) is 0 Å². The Bertz CT molecular complexity index is 323. The van der Waals surface area contributed by atoms with E-state index in [9.17, 15) is 4.79 Å². The topological polar surface area (TPSA) is 39.2 Å². The number of hydrogen-bond acceptors (Lipinski definition) is 3. The Morgan fingerprint density at radius 1 is 1.40 bits per heavy atom. The van der Waals surface area contributed by atoms with Crippen LogP contribution in [0.25, 0.3) is 0 Å². The van der Waals surface area contributed by atoms with Gasteiger partial charge in [-0.15, -0.1) is 0 Å². The SMILES string of the molecule is CCOC(=O)CCc1ccncc1CC. The molecule has 0 unspecified atom stereocenters. The molecule has 0 aliphatic carbocycles. The molecule has 15 heavy (non-hydrogen) atoms. The first-order valence-corrected chi connectivity index (χ1v) is 5.35. The zero-order valence-corrected chi connectivity index (χ0v) is 9.32. The molecule has 0 amide bonds. The first-order chi connectivity index (χ1) is 7.27. The van der Waals surface area contributed by atoms with Crippen molar-refractivity contribution in [1.82, 2.24) is 4.98 Å². The number of carbonyl (C=O) groups is 1. The maximum Gasteiger partial charge on any atom is 0.306 e. The number of carbonyl (C=O) groups excluding carboxylic acids is 1. The lowest BCUT2D eigenvalue weighted by Gasteiger charge is -2.06. The minimum absolute atomic E-state index is 0.128. The van der Waals surface area contributed by atoms with Crippen molar-refractivity contribution in [2.75, 3.05) is 6.61 Å². The molecule has 0 saturated heterocycles. The Kier molecular flexibility index (Phi) is 4.81. The number of rotatable bonds is 5. The third-order valence-electron chi connectivity index (χ3n) is 2.29. The van der Waals surface area contributed by atoms with Gasteiger partial charge in [-0.25, -0.2) is 0 Å². The molecule has 0 aromatic carbocycles. The van der Waals surface area contributed by atoms with Gasteiger partial charge in [-0.1, -0.05) is 6.92 Å². The summed E-state index contributed by atoms with van der Waals surface area (Å²) in [7, 11) is 0. The molecule has 0 radical (unpaired) electrons. The van der Waals surface area contributed by atoms with E-state index in [0.717, 1.165) is 12.8 Å². The molecule has 0 N–H and O–H groups in total. The fourth-order valence-corrected chi connectivity index (χ4v) is 1.49. The number of aromatic nitrogens is 1. The second kappa shape index (κ2) is 6.17. The standard InChI is InChI=1S/C12H17NO2/c1-3-10-9-13-8-7-11(10)5-6-12(14)15-4-2/h7-9H,3-6H2,1-2H3. The van der Waals surface area contributed by atoms with Crippen LogP contribution >= 0.6 is 0 Å². The van der Waals surface area contributed by atoms with Crippen molar-refractivity contribution in [2.24, 2.45) is 0 Å². The highest BCUT2D eigenvalue weighted by Gasteiger charge is 2.05. The van der Waals surface area contributed by atoms with Gasteiger partial charge >= 0.3 is 5.97 Å². The first-order valence-electron chi connectivity index (χ1n) is 5.35. The minimum Gasteiger partial charge on any atom is -0.466 e. The van der Waals surface area contributed by atoms with E-state index in [1.54, 1.807) is 6.20 Å². The van der Waals surface area contributed by atoms with Crippen LogP contribution in [0, 0.1) is 0 Å². The Morgan fingerprint density at radius 2 is 2.20 bits per heavy atom. The smallest absolute Gasteiger partial charge is 0.306 e. The van der Waals surface area contributed by atoms with Crippen LogP contribution in [0.1, 0.15) is 31.4 Å². The summed E-state index contributed by atoms with van der Waals surface area (Å²) in [6.07, 6.45) is 5.77. The third kappa shape index (κ3) is 3.70. The first kappa shape index (κ1) is 11.7. The molecule has 0 saturated carbocycles. The summed E-state index contributed by atoms with van der Waals surface area (Å²) < 4.78 is 4.88. The predicted octanol–water partition coefficient (Wildman–Crippen LogP) is 2.14. The van der Waals surface area contributed by atoms with E-state index in [1.807, 2.05) is 19.2 Å². The fourth-order valence-electron chi connectivity index (χ4n) is 1.49. The van der Waals surface area contributed by atoms with E-state index in [-0.39, 0.29) is 5.97 Å². The van der Waals surface area contributed by atoms with E-state index in [2.05, 4.69) is 11.9 Å². The van der Waals surface area contributed by atoms with Crippen molar-refractivity contribution in [3.05, 3.63) is 29.6 Å². The van der Waals surface area contributed by atoms with Crippen molar-refractivity contribution in [1.29, 1.82) is 0 Å². The number of pyridine rings is 1. The molecular weight excluding hydrogens is 190 g/mol. The van der Waals surface area contributed by atoms with Crippen molar-refractivity contribution in [2.45, 2.75) is 33.1 Å². The van der Waals surface area contributed by atoms with Gasteiger partial charge in [0, 0.05) is 18.8 Å². The van der Waals surface area contributed by atoms with E-state index in [0.29, 0.717) is 13.0 Å². The van der Waals surface area contributed by atoms with Crippen molar-refractivity contribution in [3.63, 3.8) is 0 Å². The lowest BCUT2D eigenvalue weighted by atomic mass is 10.0. The summed E-state index contributed by atoms with van der Waals surface area (Å²) in [5, 5.41) is 0. The van der Waals surface area contributed by atoms with Crippen LogP contribution in [-0.4, -0.2) is 17.6 Å². The monoisotopic (exact) mass is 207 g/mol. The summed E-state index contributed by atoms with van der Waals surface area (Å²) in [6, 6.07) is 1.97. The zero-order valence-electron chi connectivity index (χ0n) is 9.32. The molecule has 0 fully saturated rings. The fraction of sp³-hybridized carbons (Fsp3) is 0.500. The summed E-state index contributed by atoms with van der Waals surface area (Å²) in [5.41, 5.74) is 2.40. The van der Waals surface area contributed by atoms with E-state index in [1.165, 1.54) is 11.1 Å². The Labute approximate surface area is 90.5 Å². The van der Waals surface area contributed by atoms with Crippen LogP contribution in [0.4, 0.5) is 0 Å². The zero-order chi connectivity index (χ0) is 11.1. The molecule has 3 nitrogen and oxygen atoms in total. The van der Waals surface area contributed by atoms with Crippen LogP contribution in [-0.2, 0) is 22.4 Å². The largest absolute Gasteiger partial charge is 0.466 e. The van der Waals surface area contributed by atoms with Crippen LogP contribution < -0.4 is 0 Å². The predicted molar refractivity (Wildman–Crippen MR) is 58.6 cm³/mol. The van der Waals surface area contributed by atoms with Gasteiger partial charge in [0.2, 0.25) is 0 Å². The Balaban J connectivity index is 2.53. The molecule has 0 aliphatic heterocycles. The maximum absolute atomic E-state index is 11.2. The molecule has 0 spiro atoms. The van der Waals surface area contributed by atoms with Crippen LogP contribution in [0.3, 0.4) is 0 Å². The number of aryl methyl sites for hydroxylation is 2. The highest BCUT2D eigenvalue weighted by molar-refractivity contribution is 5.69. The van der Waals surface area contributed by atoms with Gasteiger partial charge in [-0.05, 0) is 37.0 Å².